The Morgan fingerprint density at radius 1 is 0.840 bits per heavy atom. The second kappa shape index (κ2) is 5.72. The first-order valence-electron chi connectivity index (χ1n) is 12.2. The van der Waals surface area contributed by atoms with E-state index in [1.54, 1.807) is 12.1 Å². The Kier molecular flexibility index (Phi) is 2.19. The van der Waals surface area contributed by atoms with Crippen LogP contribution in [0.4, 0.5) is 0 Å². The van der Waals surface area contributed by atoms with Gasteiger partial charge in [0.2, 0.25) is 0 Å². The van der Waals surface area contributed by atoms with Gasteiger partial charge in [-0.1, -0.05) is 66.5 Å². The molecular formula is C22H23BO2. The molecule has 3 aromatic carbocycles. The third kappa shape index (κ3) is 2.78. The molecule has 3 heteroatoms. The van der Waals surface area contributed by atoms with Crippen molar-refractivity contribution in [3.05, 3.63) is 66.5 Å². The topological polar surface area (TPSA) is 18.5 Å². The van der Waals surface area contributed by atoms with Crippen LogP contribution < -0.4 is 5.46 Å². The molecule has 25 heavy (non-hydrogen) atoms. The largest absolute Gasteiger partial charge is 0.494 e. The van der Waals surface area contributed by atoms with Crippen LogP contribution >= 0.6 is 0 Å². The van der Waals surface area contributed by atoms with Gasteiger partial charge >= 0.3 is 7.12 Å². The van der Waals surface area contributed by atoms with E-state index in [1.165, 1.54) is 6.07 Å². The van der Waals surface area contributed by atoms with Crippen LogP contribution in [0.25, 0.3) is 21.9 Å². The van der Waals surface area contributed by atoms with E-state index in [0.29, 0.717) is 11.0 Å². The van der Waals surface area contributed by atoms with E-state index in [-0.39, 0.29) is 28.4 Å². The van der Waals surface area contributed by atoms with Gasteiger partial charge in [0.1, 0.15) is 0 Å². The molecule has 1 aliphatic rings. The highest BCUT2D eigenvalue weighted by Crippen LogP contribution is 2.37. The molecule has 0 unspecified atom stereocenters. The van der Waals surface area contributed by atoms with Gasteiger partial charge in [-0.15, -0.1) is 0 Å². The smallest absolute Gasteiger partial charge is 0.399 e. The summed E-state index contributed by atoms with van der Waals surface area (Å²) in [5.74, 6) is 0. The summed E-state index contributed by atoms with van der Waals surface area (Å²) in [6.07, 6.45) is 0. The van der Waals surface area contributed by atoms with Crippen molar-refractivity contribution in [2.24, 2.45) is 0 Å². The number of fused-ring (bicyclic) bond motifs is 1. The number of benzene rings is 3. The normalized spacial score (nSPS) is 23.1. The van der Waals surface area contributed by atoms with Gasteiger partial charge in [-0.05, 0) is 55.1 Å². The van der Waals surface area contributed by atoms with Crippen LogP contribution in [0.15, 0.2) is 66.5 Å². The maximum Gasteiger partial charge on any atom is 0.494 e. The number of hydrogen-bond donors (Lipinski definition) is 0. The van der Waals surface area contributed by atoms with Crippen molar-refractivity contribution in [1.29, 1.82) is 0 Å². The quantitative estimate of drug-likeness (QED) is 0.625. The third-order valence-electron chi connectivity index (χ3n) is 4.94. The molecule has 126 valence electrons. The fourth-order valence-corrected chi connectivity index (χ4v) is 2.78. The van der Waals surface area contributed by atoms with E-state index in [1.807, 2.05) is 27.7 Å². The van der Waals surface area contributed by atoms with Gasteiger partial charge < -0.3 is 9.31 Å². The zero-order valence-corrected chi connectivity index (χ0v) is 14.6. The fraction of sp³-hybridized carbons (Fsp3) is 0.273. The summed E-state index contributed by atoms with van der Waals surface area (Å²) in [6, 6.07) is 1.74. The zero-order chi connectivity index (χ0) is 24.6. The summed E-state index contributed by atoms with van der Waals surface area (Å²) in [5.41, 5.74) is -0.302. The maximum absolute atomic E-state index is 8.54. The van der Waals surface area contributed by atoms with Gasteiger partial charge in [0.25, 0.3) is 0 Å². The Morgan fingerprint density at radius 3 is 2.28 bits per heavy atom. The number of hydrogen-bond acceptors (Lipinski definition) is 2. The van der Waals surface area contributed by atoms with Crippen LogP contribution in [0.2, 0.25) is 0 Å². The fourth-order valence-electron chi connectivity index (χ4n) is 2.78. The summed E-state index contributed by atoms with van der Waals surface area (Å²) in [6.45, 7) is 7.63. The summed E-state index contributed by atoms with van der Waals surface area (Å²) >= 11 is 0. The van der Waals surface area contributed by atoms with Gasteiger partial charge in [-0.3, -0.25) is 0 Å². The Bertz CT molecular complexity index is 1300. The highest BCUT2D eigenvalue weighted by atomic mass is 16.7. The van der Waals surface area contributed by atoms with Gasteiger partial charge in [0.15, 0.2) is 0 Å². The molecule has 0 amide bonds. The highest BCUT2D eigenvalue weighted by Gasteiger charge is 2.51. The zero-order valence-electron chi connectivity index (χ0n) is 22.6. The van der Waals surface area contributed by atoms with E-state index >= 15 is 0 Å². The molecule has 0 aliphatic carbocycles. The lowest BCUT2D eigenvalue weighted by molar-refractivity contribution is 0.00578. The van der Waals surface area contributed by atoms with Crippen molar-refractivity contribution in [3.63, 3.8) is 0 Å². The summed E-state index contributed by atoms with van der Waals surface area (Å²) in [5, 5.41) is -0.137. The molecule has 1 heterocycles. The molecule has 1 saturated heterocycles. The van der Waals surface area contributed by atoms with Gasteiger partial charge in [0, 0.05) is 0 Å². The van der Waals surface area contributed by atoms with Crippen molar-refractivity contribution >= 4 is 23.4 Å². The Morgan fingerprint density at radius 2 is 1.52 bits per heavy atom. The lowest BCUT2D eigenvalue weighted by atomic mass is 9.78. The molecule has 4 rings (SSSR count). The molecule has 0 radical (unpaired) electrons. The minimum atomic E-state index is -0.779. The molecule has 1 aliphatic heterocycles. The van der Waals surface area contributed by atoms with E-state index < -0.39 is 54.6 Å². The molecule has 0 atom stereocenters. The molecule has 1 fully saturated rings. The molecular weight excluding hydrogens is 307 g/mol. The molecule has 0 saturated carbocycles. The van der Waals surface area contributed by atoms with E-state index in [4.69, 9.17) is 20.3 Å². The van der Waals surface area contributed by atoms with Crippen molar-refractivity contribution in [2.45, 2.75) is 38.9 Å². The van der Waals surface area contributed by atoms with Crippen molar-refractivity contribution in [3.8, 4) is 11.1 Å². The second-order valence-corrected chi connectivity index (χ2v) is 7.14. The summed E-state index contributed by atoms with van der Waals surface area (Å²) in [7, 11) is -0.779. The van der Waals surface area contributed by atoms with Gasteiger partial charge in [-0.2, -0.15) is 0 Å². The van der Waals surface area contributed by atoms with Gasteiger partial charge in [-0.25, -0.2) is 0 Å². The molecule has 0 aromatic heterocycles. The first-order chi connectivity index (χ1) is 15.2. The SMILES string of the molecule is [2H]c1cc(B2OC(C)(C)C(C)(C)O2)cc(-c2c([2H])c([2H])c([2H])c3c([2H])c([2H])c([2H])c([2H])c23)c1. The lowest BCUT2D eigenvalue weighted by Gasteiger charge is -2.32. The molecule has 0 N–H and O–H groups in total. The van der Waals surface area contributed by atoms with Crippen LogP contribution in [0, 0.1) is 0 Å². The highest BCUT2D eigenvalue weighted by molar-refractivity contribution is 6.62. The van der Waals surface area contributed by atoms with Crippen LogP contribution in [0.5, 0.6) is 0 Å². The van der Waals surface area contributed by atoms with Crippen LogP contribution in [0.3, 0.4) is 0 Å². The summed E-state index contributed by atoms with van der Waals surface area (Å²) < 4.78 is 78.4. The maximum atomic E-state index is 8.54. The van der Waals surface area contributed by atoms with Crippen molar-refractivity contribution < 1.29 is 20.3 Å². The standard InChI is InChI=1S/C22H23BO2/c1-21(2)22(3,4)25-23(24-21)18-12-7-11-17(15-18)20-14-8-10-16-9-5-6-13-19(16)20/h5-15H,1-4H3/i5D,6D,7D,8D,9D,10D,13D,14D. The first kappa shape index (κ1) is 9.56. The average Bonchev–Trinajstić information content (AvgIpc) is 2.95. The van der Waals surface area contributed by atoms with Crippen molar-refractivity contribution in [1.82, 2.24) is 0 Å². The lowest BCUT2D eigenvalue weighted by Crippen LogP contribution is -2.41. The first-order valence-corrected chi connectivity index (χ1v) is 8.15. The van der Waals surface area contributed by atoms with E-state index in [9.17, 15) is 0 Å². The third-order valence-corrected chi connectivity index (χ3v) is 4.94. The average molecular weight is 338 g/mol. The Balaban J connectivity index is 2.03. The summed E-state index contributed by atoms with van der Waals surface area (Å²) in [4.78, 5) is 0. The minimum Gasteiger partial charge on any atom is -0.399 e. The van der Waals surface area contributed by atoms with E-state index in [2.05, 4.69) is 0 Å². The minimum absolute atomic E-state index is 0.0162. The Hall–Kier alpha value is -2.10. The van der Waals surface area contributed by atoms with Crippen molar-refractivity contribution in [2.75, 3.05) is 0 Å². The molecule has 0 bridgehead atoms. The van der Waals surface area contributed by atoms with Gasteiger partial charge in [0.05, 0.1) is 22.2 Å². The monoisotopic (exact) mass is 338 g/mol. The molecule has 3 aromatic rings. The van der Waals surface area contributed by atoms with Crippen LogP contribution in [-0.2, 0) is 9.31 Å². The van der Waals surface area contributed by atoms with Crippen LogP contribution in [-0.4, -0.2) is 18.3 Å². The predicted molar refractivity (Wildman–Crippen MR) is 105 cm³/mol. The van der Waals surface area contributed by atoms with Crippen LogP contribution in [0.1, 0.15) is 38.7 Å². The molecule has 0 spiro atoms. The second-order valence-electron chi connectivity index (χ2n) is 7.14. The predicted octanol–water partition coefficient (Wildman–Crippen LogP) is 4.81. The van der Waals surface area contributed by atoms with E-state index in [0.717, 1.165) is 0 Å². The number of rotatable bonds is 2. The Labute approximate surface area is 161 Å². The molecule has 2 nitrogen and oxygen atoms in total.